The average molecular weight is 228 g/mol. The topological polar surface area (TPSA) is 61.4 Å². The van der Waals surface area contributed by atoms with E-state index in [0.29, 0.717) is 25.6 Å². The highest BCUT2D eigenvalue weighted by atomic mass is 16.3. The van der Waals surface area contributed by atoms with Crippen LogP contribution in [0.15, 0.2) is 0 Å². The van der Waals surface area contributed by atoms with Crippen LogP contribution in [0.1, 0.15) is 45.4 Å². The van der Waals surface area contributed by atoms with E-state index in [4.69, 9.17) is 0 Å². The summed E-state index contributed by atoms with van der Waals surface area (Å²) in [5.74, 6) is 0.0814. The molecule has 4 heteroatoms. The first kappa shape index (κ1) is 13.5. The molecule has 0 aromatic heterocycles. The van der Waals surface area contributed by atoms with Gasteiger partial charge in [-0.1, -0.05) is 19.8 Å². The fourth-order valence-corrected chi connectivity index (χ4v) is 2.02. The Morgan fingerprint density at radius 2 is 2.12 bits per heavy atom. The lowest BCUT2D eigenvalue weighted by Gasteiger charge is -2.13. The molecule has 1 amide bonds. The number of aliphatic hydroxyl groups is 1. The van der Waals surface area contributed by atoms with E-state index in [0.717, 1.165) is 19.3 Å². The van der Waals surface area contributed by atoms with Gasteiger partial charge in [-0.05, 0) is 32.2 Å². The van der Waals surface area contributed by atoms with Crippen molar-refractivity contribution in [1.29, 1.82) is 0 Å². The van der Waals surface area contributed by atoms with Crippen LogP contribution >= 0.6 is 0 Å². The van der Waals surface area contributed by atoms with Crippen molar-refractivity contribution in [1.82, 2.24) is 10.6 Å². The van der Waals surface area contributed by atoms with Crippen molar-refractivity contribution in [2.24, 2.45) is 0 Å². The van der Waals surface area contributed by atoms with Crippen molar-refractivity contribution in [2.45, 2.75) is 57.6 Å². The number of aliphatic hydroxyl groups excluding tert-OH is 1. The molecule has 0 bridgehead atoms. The lowest BCUT2D eigenvalue weighted by atomic mass is 10.2. The van der Waals surface area contributed by atoms with Crippen LogP contribution in [0.5, 0.6) is 0 Å². The number of hydrogen-bond acceptors (Lipinski definition) is 3. The van der Waals surface area contributed by atoms with E-state index in [2.05, 4.69) is 10.6 Å². The first-order chi connectivity index (χ1) is 7.72. The Morgan fingerprint density at radius 3 is 2.75 bits per heavy atom. The molecule has 1 aliphatic carbocycles. The molecule has 0 spiro atoms. The summed E-state index contributed by atoms with van der Waals surface area (Å²) in [5.41, 5.74) is 0. The highest BCUT2D eigenvalue weighted by Crippen LogP contribution is 2.17. The summed E-state index contributed by atoms with van der Waals surface area (Å²) < 4.78 is 0. The van der Waals surface area contributed by atoms with Gasteiger partial charge in [0.25, 0.3) is 0 Å². The Balaban J connectivity index is 1.97. The molecule has 0 heterocycles. The zero-order valence-corrected chi connectivity index (χ0v) is 10.2. The van der Waals surface area contributed by atoms with Crippen LogP contribution in [0.25, 0.3) is 0 Å². The van der Waals surface area contributed by atoms with Gasteiger partial charge in [0.2, 0.25) is 5.91 Å². The van der Waals surface area contributed by atoms with Crippen LogP contribution in [0.2, 0.25) is 0 Å². The lowest BCUT2D eigenvalue weighted by molar-refractivity contribution is -0.120. The predicted octanol–water partition coefficient (Wildman–Crippen LogP) is 0.796. The van der Waals surface area contributed by atoms with Gasteiger partial charge in [-0.25, -0.2) is 0 Å². The maximum absolute atomic E-state index is 11.5. The average Bonchev–Trinajstić information content (AvgIpc) is 2.76. The molecule has 94 valence electrons. The van der Waals surface area contributed by atoms with Gasteiger partial charge in [-0.3, -0.25) is 4.79 Å². The summed E-state index contributed by atoms with van der Waals surface area (Å²) in [6.07, 6.45) is 5.97. The predicted molar refractivity (Wildman–Crippen MR) is 64.2 cm³/mol. The van der Waals surface area contributed by atoms with Gasteiger partial charge in [0.1, 0.15) is 0 Å². The lowest BCUT2D eigenvalue weighted by Crippen LogP contribution is -2.39. The number of hydrogen-bond donors (Lipinski definition) is 3. The standard InChI is InChI=1S/C12H24N2O2/c1-2-11(15)7-8-13-9-12(16)14-10-5-3-4-6-10/h10-11,13,15H,2-9H2,1H3,(H,14,16). The van der Waals surface area contributed by atoms with Gasteiger partial charge in [0.05, 0.1) is 12.6 Å². The molecule has 1 fully saturated rings. The Bertz CT molecular complexity index is 203. The fourth-order valence-electron chi connectivity index (χ4n) is 2.02. The Morgan fingerprint density at radius 1 is 1.44 bits per heavy atom. The molecule has 1 aliphatic rings. The first-order valence-electron chi connectivity index (χ1n) is 6.40. The van der Waals surface area contributed by atoms with Gasteiger partial charge in [0, 0.05) is 6.04 Å². The maximum atomic E-state index is 11.5. The van der Waals surface area contributed by atoms with E-state index < -0.39 is 0 Å². The third-order valence-electron chi connectivity index (χ3n) is 3.13. The first-order valence-corrected chi connectivity index (χ1v) is 6.40. The van der Waals surface area contributed by atoms with Gasteiger partial charge in [-0.15, -0.1) is 0 Å². The SMILES string of the molecule is CCC(O)CCNCC(=O)NC1CCCC1. The molecule has 1 saturated carbocycles. The second-order valence-corrected chi connectivity index (χ2v) is 4.58. The van der Waals surface area contributed by atoms with E-state index >= 15 is 0 Å². The van der Waals surface area contributed by atoms with E-state index in [1.807, 2.05) is 6.92 Å². The third-order valence-corrected chi connectivity index (χ3v) is 3.13. The van der Waals surface area contributed by atoms with Crippen LogP contribution in [0.4, 0.5) is 0 Å². The van der Waals surface area contributed by atoms with Crippen molar-refractivity contribution in [2.75, 3.05) is 13.1 Å². The van der Waals surface area contributed by atoms with Gasteiger partial charge < -0.3 is 15.7 Å². The van der Waals surface area contributed by atoms with Crippen molar-refractivity contribution >= 4 is 5.91 Å². The second kappa shape index (κ2) is 7.63. The molecule has 3 N–H and O–H groups in total. The van der Waals surface area contributed by atoms with Crippen LogP contribution in [-0.2, 0) is 4.79 Å². The summed E-state index contributed by atoms with van der Waals surface area (Å²) in [5, 5.41) is 15.4. The number of carbonyl (C=O) groups excluding carboxylic acids is 1. The van der Waals surface area contributed by atoms with Crippen molar-refractivity contribution in [3.05, 3.63) is 0 Å². The minimum atomic E-state index is -0.245. The molecule has 0 aromatic rings. The minimum Gasteiger partial charge on any atom is -0.393 e. The fraction of sp³-hybridized carbons (Fsp3) is 0.917. The number of carbonyl (C=O) groups is 1. The zero-order valence-electron chi connectivity index (χ0n) is 10.2. The van der Waals surface area contributed by atoms with E-state index in [-0.39, 0.29) is 12.0 Å². The summed E-state index contributed by atoms with van der Waals surface area (Å²) >= 11 is 0. The molecular weight excluding hydrogens is 204 g/mol. The monoisotopic (exact) mass is 228 g/mol. The Labute approximate surface area is 97.8 Å². The molecule has 0 radical (unpaired) electrons. The number of rotatable bonds is 7. The second-order valence-electron chi connectivity index (χ2n) is 4.58. The van der Waals surface area contributed by atoms with Gasteiger partial charge >= 0.3 is 0 Å². The van der Waals surface area contributed by atoms with Crippen molar-refractivity contribution in [3.8, 4) is 0 Å². The van der Waals surface area contributed by atoms with Crippen molar-refractivity contribution < 1.29 is 9.90 Å². The minimum absolute atomic E-state index is 0.0814. The highest BCUT2D eigenvalue weighted by Gasteiger charge is 2.16. The summed E-state index contributed by atoms with van der Waals surface area (Å²) in [6.45, 7) is 3.03. The summed E-state index contributed by atoms with van der Waals surface area (Å²) in [7, 11) is 0. The molecule has 4 nitrogen and oxygen atoms in total. The summed E-state index contributed by atoms with van der Waals surface area (Å²) in [4.78, 5) is 11.5. The number of amides is 1. The molecule has 16 heavy (non-hydrogen) atoms. The molecule has 1 atom stereocenters. The summed E-state index contributed by atoms with van der Waals surface area (Å²) in [6, 6.07) is 0.399. The van der Waals surface area contributed by atoms with Gasteiger partial charge in [0.15, 0.2) is 0 Å². The van der Waals surface area contributed by atoms with Crippen molar-refractivity contribution in [3.63, 3.8) is 0 Å². The van der Waals surface area contributed by atoms with Crippen LogP contribution in [-0.4, -0.2) is 36.2 Å². The molecule has 0 saturated heterocycles. The normalized spacial score (nSPS) is 18.6. The maximum Gasteiger partial charge on any atom is 0.234 e. The van der Waals surface area contributed by atoms with E-state index in [1.165, 1.54) is 12.8 Å². The Kier molecular flexibility index (Phi) is 6.42. The molecular formula is C12H24N2O2. The molecule has 0 aliphatic heterocycles. The number of nitrogens with one attached hydrogen (secondary N) is 2. The molecule has 0 aromatic carbocycles. The molecule has 1 rings (SSSR count). The quantitative estimate of drug-likeness (QED) is 0.565. The van der Waals surface area contributed by atoms with Crippen LogP contribution in [0, 0.1) is 0 Å². The smallest absolute Gasteiger partial charge is 0.234 e. The highest BCUT2D eigenvalue weighted by molar-refractivity contribution is 5.78. The van der Waals surface area contributed by atoms with Gasteiger partial charge in [-0.2, -0.15) is 0 Å². The van der Waals surface area contributed by atoms with E-state index in [9.17, 15) is 9.90 Å². The van der Waals surface area contributed by atoms with Crippen LogP contribution in [0.3, 0.4) is 0 Å². The zero-order chi connectivity index (χ0) is 11.8. The molecule has 1 unspecified atom stereocenters. The largest absolute Gasteiger partial charge is 0.393 e. The van der Waals surface area contributed by atoms with Crippen LogP contribution < -0.4 is 10.6 Å². The Hall–Kier alpha value is -0.610. The third kappa shape index (κ3) is 5.47. The van der Waals surface area contributed by atoms with E-state index in [1.54, 1.807) is 0 Å².